The zero-order valence-corrected chi connectivity index (χ0v) is 11.2. The summed E-state index contributed by atoms with van der Waals surface area (Å²) < 4.78 is 0. The lowest BCUT2D eigenvalue weighted by molar-refractivity contribution is 0.630. The van der Waals surface area contributed by atoms with Crippen molar-refractivity contribution in [3.63, 3.8) is 0 Å². The van der Waals surface area contributed by atoms with Gasteiger partial charge in [0.2, 0.25) is 0 Å². The van der Waals surface area contributed by atoms with Crippen LogP contribution in [0.3, 0.4) is 0 Å². The first-order valence-electron chi connectivity index (χ1n) is 5.94. The summed E-state index contributed by atoms with van der Waals surface area (Å²) in [5, 5.41) is 3.33. The van der Waals surface area contributed by atoms with Crippen molar-refractivity contribution < 1.29 is 0 Å². The van der Waals surface area contributed by atoms with Gasteiger partial charge in [0.05, 0.1) is 0 Å². The molecule has 0 aliphatic carbocycles. The van der Waals surface area contributed by atoms with Gasteiger partial charge in [-0.15, -0.1) is 0 Å². The van der Waals surface area contributed by atoms with Crippen LogP contribution in [0.25, 0.3) is 0 Å². The third-order valence-corrected chi connectivity index (χ3v) is 2.24. The first-order chi connectivity index (χ1) is 7.92. The van der Waals surface area contributed by atoms with E-state index in [4.69, 9.17) is 5.73 Å². The predicted molar refractivity (Wildman–Crippen MR) is 72.3 cm³/mol. The van der Waals surface area contributed by atoms with Crippen molar-refractivity contribution in [2.75, 3.05) is 30.4 Å². The number of nitrogens with zero attached hydrogens (tertiary/aromatic N) is 3. The summed E-state index contributed by atoms with van der Waals surface area (Å²) in [7, 11) is 2.01. The van der Waals surface area contributed by atoms with Gasteiger partial charge >= 0.3 is 0 Å². The largest absolute Gasteiger partial charge is 0.365 e. The number of anilines is 2. The molecule has 1 aromatic heterocycles. The molecule has 3 N–H and O–H groups in total. The summed E-state index contributed by atoms with van der Waals surface area (Å²) in [6, 6.07) is 1.96. The fourth-order valence-corrected chi connectivity index (χ4v) is 1.45. The molecule has 0 fully saturated rings. The predicted octanol–water partition coefficient (Wildman–Crippen LogP) is 1.47. The molecule has 17 heavy (non-hydrogen) atoms. The molecule has 96 valence electrons. The fourth-order valence-electron chi connectivity index (χ4n) is 1.45. The van der Waals surface area contributed by atoms with Crippen LogP contribution in [0.15, 0.2) is 12.4 Å². The van der Waals surface area contributed by atoms with Gasteiger partial charge in [-0.25, -0.2) is 9.97 Å². The van der Waals surface area contributed by atoms with Crippen molar-refractivity contribution in [1.29, 1.82) is 0 Å². The minimum absolute atomic E-state index is 0.00144. The lowest BCUT2D eigenvalue weighted by Gasteiger charge is -2.23. The Morgan fingerprint density at radius 1 is 1.35 bits per heavy atom. The van der Waals surface area contributed by atoms with E-state index in [1.54, 1.807) is 6.33 Å². The van der Waals surface area contributed by atoms with Crippen molar-refractivity contribution in [3.8, 4) is 0 Å². The van der Waals surface area contributed by atoms with Gasteiger partial charge in [0.15, 0.2) is 0 Å². The van der Waals surface area contributed by atoms with E-state index in [0.29, 0.717) is 6.54 Å². The van der Waals surface area contributed by atoms with E-state index >= 15 is 0 Å². The lowest BCUT2D eigenvalue weighted by Crippen LogP contribution is -2.27. The number of rotatable bonds is 5. The van der Waals surface area contributed by atoms with Gasteiger partial charge in [-0.05, 0) is 33.7 Å². The van der Waals surface area contributed by atoms with E-state index in [1.807, 2.05) is 13.1 Å². The Balaban J connectivity index is 2.71. The quantitative estimate of drug-likeness (QED) is 0.812. The van der Waals surface area contributed by atoms with Gasteiger partial charge < -0.3 is 16.0 Å². The minimum atomic E-state index is 0.00144. The van der Waals surface area contributed by atoms with Crippen LogP contribution in [0.1, 0.15) is 27.2 Å². The van der Waals surface area contributed by atoms with Crippen LogP contribution >= 0.6 is 0 Å². The van der Waals surface area contributed by atoms with Gasteiger partial charge in [-0.2, -0.15) is 0 Å². The minimum Gasteiger partial charge on any atom is -0.365 e. The van der Waals surface area contributed by atoms with Crippen molar-refractivity contribution >= 4 is 11.6 Å². The molecule has 5 nitrogen and oxygen atoms in total. The SMILES string of the molecule is CN(CCCN)c1cc(NC(C)(C)C)ncn1. The summed E-state index contributed by atoms with van der Waals surface area (Å²) in [6.45, 7) is 7.91. The monoisotopic (exact) mass is 237 g/mol. The average Bonchev–Trinajstić information content (AvgIpc) is 2.24. The van der Waals surface area contributed by atoms with Crippen LogP contribution in [0.5, 0.6) is 0 Å². The summed E-state index contributed by atoms with van der Waals surface area (Å²) in [4.78, 5) is 10.6. The van der Waals surface area contributed by atoms with Crippen LogP contribution < -0.4 is 16.0 Å². The molecule has 0 bridgehead atoms. The van der Waals surface area contributed by atoms with E-state index in [2.05, 4.69) is 41.0 Å². The number of nitrogens with one attached hydrogen (secondary N) is 1. The standard InChI is InChI=1S/C12H23N5/c1-12(2,3)16-10-8-11(15-9-14-10)17(4)7-5-6-13/h8-9H,5-7,13H2,1-4H3,(H,14,15,16). The normalized spacial score (nSPS) is 11.4. The van der Waals surface area contributed by atoms with Gasteiger partial charge in [0.25, 0.3) is 0 Å². The van der Waals surface area contributed by atoms with Crippen molar-refractivity contribution in [1.82, 2.24) is 9.97 Å². The summed E-state index contributed by atoms with van der Waals surface area (Å²) in [5.74, 6) is 1.77. The lowest BCUT2D eigenvalue weighted by atomic mass is 10.1. The van der Waals surface area contributed by atoms with Crippen molar-refractivity contribution in [2.45, 2.75) is 32.7 Å². The molecule has 1 heterocycles. The second-order valence-electron chi connectivity index (χ2n) is 5.20. The van der Waals surface area contributed by atoms with E-state index in [-0.39, 0.29) is 5.54 Å². The van der Waals surface area contributed by atoms with Crippen LogP contribution in [-0.4, -0.2) is 35.6 Å². The molecule has 0 radical (unpaired) electrons. The first kappa shape index (κ1) is 13.7. The molecular formula is C12H23N5. The van der Waals surface area contributed by atoms with Gasteiger partial charge in [-0.3, -0.25) is 0 Å². The fraction of sp³-hybridized carbons (Fsp3) is 0.667. The van der Waals surface area contributed by atoms with Crippen LogP contribution in [0.2, 0.25) is 0 Å². The summed E-state index contributed by atoms with van der Waals surface area (Å²) in [6.07, 6.45) is 2.55. The summed E-state index contributed by atoms with van der Waals surface area (Å²) in [5.41, 5.74) is 5.50. The maximum absolute atomic E-state index is 5.50. The van der Waals surface area contributed by atoms with Crippen LogP contribution in [-0.2, 0) is 0 Å². The molecule has 0 saturated heterocycles. The third-order valence-electron chi connectivity index (χ3n) is 2.24. The van der Waals surface area contributed by atoms with Crippen LogP contribution in [0, 0.1) is 0 Å². The van der Waals surface area contributed by atoms with Crippen LogP contribution in [0.4, 0.5) is 11.6 Å². The Hall–Kier alpha value is -1.36. The summed E-state index contributed by atoms with van der Waals surface area (Å²) >= 11 is 0. The highest BCUT2D eigenvalue weighted by molar-refractivity contribution is 5.48. The highest BCUT2D eigenvalue weighted by atomic mass is 15.2. The molecule has 1 aromatic rings. The zero-order valence-electron chi connectivity index (χ0n) is 11.2. The molecule has 0 spiro atoms. The van der Waals surface area contributed by atoms with Gasteiger partial charge in [0, 0.05) is 25.2 Å². The zero-order chi connectivity index (χ0) is 12.9. The molecule has 0 aliphatic rings. The average molecular weight is 237 g/mol. The maximum atomic E-state index is 5.50. The molecule has 0 unspecified atom stereocenters. The van der Waals surface area contributed by atoms with E-state index in [1.165, 1.54) is 0 Å². The Morgan fingerprint density at radius 2 is 2.06 bits per heavy atom. The Morgan fingerprint density at radius 3 is 2.65 bits per heavy atom. The molecule has 1 rings (SSSR count). The topological polar surface area (TPSA) is 67.1 Å². The highest BCUT2D eigenvalue weighted by Gasteiger charge is 2.11. The smallest absolute Gasteiger partial charge is 0.133 e. The molecular weight excluding hydrogens is 214 g/mol. The second-order valence-corrected chi connectivity index (χ2v) is 5.20. The Labute approximate surface area is 103 Å². The number of hydrogen-bond acceptors (Lipinski definition) is 5. The first-order valence-corrected chi connectivity index (χ1v) is 5.94. The molecule has 0 amide bonds. The van der Waals surface area contributed by atoms with Crippen molar-refractivity contribution in [3.05, 3.63) is 12.4 Å². The molecule has 0 saturated carbocycles. The molecule has 0 atom stereocenters. The molecule has 0 aromatic carbocycles. The third kappa shape index (κ3) is 4.99. The Kier molecular flexibility index (Phi) is 4.69. The maximum Gasteiger partial charge on any atom is 0.133 e. The van der Waals surface area contributed by atoms with Gasteiger partial charge in [0.1, 0.15) is 18.0 Å². The van der Waals surface area contributed by atoms with Gasteiger partial charge in [-0.1, -0.05) is 0 Å². The van der Waals surface area contributed by atoms with E-state index < -0.39 is 0 Å². The number of aromatic nitrogens is 2. The number of nitrogens with two attached hydrogens (primary N) is 1. The Bertz CT molecular complexity index is 345. The number of hydrogen-bond donors (Lipinski definition) is 2. The highest BCUT2D eigenvalue weighted by Crippen LogP contribution is 2.16. The van der Waals surface area contributed by atoms with Crippen molar-refractivity contribution in [2.24, 2.45) is 5.73 Å². The van der Waals surface area contributed by atoms with E-state index in [0.717, 1.165) is 24.6 Å². The second kappa shape index (κ2) is 5.82. The molecule has 5 heteroatoms. The molecule has 0 aliphatic heterocycles. The van der Waals surface area contributed by atoms with E-state index in [9.17, 15) is 0 Å².